The van der Waals surface area contributed by atoms with Crippen molar-refractivity contribution in [2.24, 2.45) is 0 Å². The number of rotatable bonds is 6. The van der Waals surface area contributed by atoms with E-state index in [1.54, 1.807) is 12.1 Å². The first-order chi connectivity index (χ1) is 10.2. The predicted octanol–water partition coefficient (Wildman–Crippen LogP) is 2.40. The van der Waals surface area contributed by atoms with Crippen molar-refractivity contribution in [3.8, 4) is 0 Å². The Hall–Kier alpha value is -1.72. The number of Topliss-reactive ketones (excluding diaryl/α,β-unsaturated/α-hetero) is 1. The minimum absolute atomic E-state index is 0.144. The van der Waals surface area contributed by atoms with Gasteiger partial charge in [-0.25, -0.2) is 0 Å². The maximum Gasteiger partial charge on any atom is 0.303 e. The van der Waals surface area contributed by atoms with E-state index in [2.05, 4.69) is 0 Å². The monoisotopic (exact) mass is 292 g/mol. The lowest BCUT2D eigenvalue weighted by Crippen LogP contribution is -2.27. The summed E-state index contributed by atoms with van der Waals surface area (Å²) in [7, 11) is 0. The van der Waals surface area contributed by atoms with Gasteiger partial charge < -0.3 is 14.2 Å². The van der Waals surface area contributed by atoms with Crippen molar-refractivity contribution in [1.82, 2.24) is 0 Å². The summed E-state index contributed by atoms with van der Waals surface area (Å²) in [6.07, 6.45) is 0.412. The molecule has 1 atom stereocenters. The van der Waals surface area contributed by atoms with Crippen molar-refractivity contribution >= 4 is 11.8 Å². The summed E-state index contributed by atoms with van der Waals surface area (Å²) in [6.45, 7) is 2.62. The molecular formula is C16H20O5. The molecule has 0 bridgehead atoms. The molecule has 1 heterocycles. The summed E-state index contributed by atoms with van der Waals surface area (Å²) < 4.78 is 16.0. The lowest BCUT2D eigenvalue weighted by molar-refractivity contribution is -0.183. The topological polar surface area (TPSA) is 61.8 Å². The summed E-state index contributed by atoms with van der Waals surface area (Å²) in [5.41, 5.74) is 0.684. The van der Waals surface area contributed by atoms with Crippen LogP contribution in [0.25, 0.3) is 0 Å². The second-order valence-electron chi connectivity index (χ2n) is 4.93. The van der Waals surface area contributed by atoms with Crippen molar-refractivity contribution < 1.29 is 23.8 Å². The van der Waals surface area contributed by atoms with Crippen LogP contribution < -0.4 is 0 Å². The zero-order valence-electron chi connectivity index (χ0n) is 12.1. The molecule has 0 N–H and O–H groups in total. The van der Waals surface area contributed by atoms with E-state index < -0.39 is 12.1 Å². The van der Waals surface area contributed by atoms with Gasteiger partial charge in [0.05, 0.1) is 13.2 Å². The molecule has 2 rings (SSSR count). The van der Waals surface area contributed by atoms with E-state index in [-0.39, 0.29) is 18.5 Å². The molecule has 0 saturated carbocycles. The average molecular weight is 292 g/mol. The van der Waals surface area contributed by atoms with Gasteiger partial charge in [0, 0.05) is 19.8 Å². The van der Waals surface area contributed by atoms with Gasteiger partial charge in [-0.15, -0.1) is 0 Å². The van der Waals surface area contributed by atoms with Gasteiger partial charge in [0.1, 0.15) is 0 Å². The first-order valence-electron chi connectivity index (χ1n) is 7.15. The molecule has 0 amide bonds. The fraction of sp³-hybridized carbons (Fsp3) is 0.500. The van der Waals surface area contributed by atoms with Crippen LogP contribution in [0.15, 0.2) is 30.3 Å². The minimum Gasteiger partial charge on any atom is -0.450 e. The summed E-state index contributed by atoms with van der Waals surface area (Å²) in [5, 5.41) is 0. The first kappa shape index (κ1) is 15.7. The summed E-state index contributed by atoms with van der Waals surface area (Å²) in [4.78, 5) is 23.5. The highest BCUT2D eigenvalue weighted by Gasteiger charge is 2.25. The predicted molar refractivity (Wildman–Crippen MR) is 75.5 cm³/mol. The molecule has 5 heteroatoms. The molecular weight excluding hydrogens is 272 g/mol. The number of hydrogen-bond acceptors (Lipinski definition) is 5. The Morgan fingerprint density at radius 3 is 2.52 bits per heavy atom. The Kier molecular flexibility index (Phi) is 5.90. The summed E-state index contributed by atoms with van der Waals surface area (Å²) in [5.74, 6) is -0.614. The number of ketones is 1. The zero-order chi connectivity index (χ0) is 15.1. The zero-order valence-corrected chi connectivity index (χ0v) is 12.1. The highest BCUT2D eigenvalue weighted by molar-refractivity contribution is 5.86. The lowest BCUT2D eigenvalue weighted by Gasteiger charge is -2.23. The van der Waals surface area contributed by atoms with Crippen LogP contribution in [-0.2, 0) is 23.8 Å². The molecule has 1 aromatic rings. The number of ether oxygens (including phenoxy) is 3. The minimum atomic E-state index is -0.854. The molecule has 0 aliphatic carbocycles. The Morgan fingerprint density at radius 1 is 1.24 bits per heavy atom. The smallest absolute Gasteiger partial charge is 0.303 e. The molecule has 0 aromatic heterocycles. The van der Waals surface area contributed by atoms with Crippen molar-refractivity contribution in [2.45, 2.75) is 38.6 Å². The van der Waals surface area contributed by atoms with E-state index in [1.807, 2.05) is 18.2 Å². The van der Waals surface area contributed by atoms with E-state index in [0.29, 0.717) is 25.2 Å². The van der Waals surface area contributed by atoms with Crippen LogP contribution in [0, 0.1) is 0 Å². The molecule has 0 unspecified atom stereocenters. The molecule has 1 fully saturated rings. The fourth-order valence-electron chi connectivity index (χ4n) is 2.21. The molecule has 0 spiro atoms. The summed E-state index contributed by atoms with van der Waals surface area (Å²) >= 11 is 0. The van der Waals surface area contributed by atoms with E-state index in [1.165, 1.54) is 6.92 Å². The molecule has 21 heavy (non-hydrogen) atoms. The highest BCUT2D eigenvalue weighted by Crippen LogP contribution is 2.22. The first-order valence-corrected chi connectivity index (χ1v) is 7.15. The Bertz CT molecular complexity index is 465. The van der Waals surface area contributed by atoms with E-state index >= 15 is 0 Å². The van der Waals surface area contributed by atoms with Gasteiger partial charge in [-0.1, -0.05) is 30.3 Å². The van der Waals surface area contributed by atoms with Crippen molar-refractivity contribution in [2.75, 3.05) is 13.2 Å². The van der Waals surface area contributed by atoms with Gasteiger partial charge in [-0.05, 0) is 12.0 Å². The molecule has 1 aromatic carbocycles. The average Bonchev–Trinajstić information content (AvgIpc) is 2.52. The number of carbonyl (C=O) groups is 2. The number of hydrogen-bond donors (Lipinski definition) is 0. The third kappa shape index (κ3) is 4.95. The van der Waals surface area contributed by atoms with Crippen LogP contribution in [0.1, 0.15) is 37.9 Å². The Labute approximate surface area is 124 Å². The maximum absolute atomic E-state index is 12.3. The number of carbonyl (C=O) groups excluding carboxylic acids is 2. The normalized spacial score (nSPS) is 17.2. The standard InChI is InChI=1S/C16H20O5/c1-12(17)21-16(13-6-3-2-4-7-13)14(18)8-9-15-19-10-5-11-20-15/h2-4,6-7,15-16H,5,8-11H2,1H3/t16-/m0/s1. The quantitative estimate of drug-likeness (QED) is 0.753. The third-order valence-electron chi connectivity index (χ3n) is 3.20. The van der Waals surface area contributed by atoms with Crippen LogP contribution >= 0.6 is 0 Å². The molecule has 114 valence electrons. The number of benzene rings is 1. The van der Waals surface area contributed by atoms with Crippen LogP contribution in [0.4, 0.5) is 0 Å². The maximum atomic E-state index is 12.3. The second kappa shape index (κ2) is 7.90. The van der Waals surface area contributed by atoms with Crippen molar-refractivity contribution in [3.63, 3.8) is 0 Å². The van der Waals surface area contributed by atoms with Gasteiger partial charge in [-0.3, -0.25) is 9.59 Å². The van der Waals surface area contributed by atoms with E-state index in [0.717, 1.165) is 6.42 Å². The SMILES string of the molecule is CC(=O)O[C@H](C(=O)CCC1OCCCO1)c1ccccc1. The van der Waals surface area contributed by atoms with Gasteiger partial charge >= 0.3 is 5.97 Å². The van der Waals surface area contributed by atoms with E-state index in [9.17, 15) is 9.59 Å². The van der Waals surface area contributed by atoms with Crippen LogP contribution in [0.2, 0.25) is 0 Å². The van der Waals surface area contributed by atoms with Crippen LogP contribution in [0.5, 0.6) is 0 Å². The third-order valence-corrected chi connectivity index (χ3v) is 3.20. The lowest BCUT2D eigenvalue weighted by atomic mass is 10.0. The second-order valence-corrected chi connectivity index (χ2v) is 4.93. The van der Waals surface area contributed by atoms with Gasteiger partial charge in [0.2, 0.25) is 0 Å². The Balaban J connectivity index is 1.95. The Morgan fingerprint density at radius 2 is 1.90 bits per heavy atom. The van der Waals surface area contributed by atoms with Crippen LogP contribution in [0.3, 0.4) is 0 Å². The van der Waals surface area contributed by atoms with E-state index in [4.69, 9.17) is 14.2 Å². The largest absolute Gasteiger partial charge is 0.450 e. The fourth-order valence-corrected chi connectivity index (χ4v) is 2.21. The number of esters is 1. The van der Waals surface area contributed by atoms with Crippen LogP contribution in [-0.4, -0.2) is 31.3 Å². The molecule has 1 aliphatic heterocycles. The van der Waals surface area contributed by atoms with Gasteiger partial charge in [-0.2, -0.15) is 0 Å². The van der Waals surface area contributed by atoms with Crippen molar-refractivity contribution in [3.05, 3.63) is 35.9 Å². The van der Waals surface area contributed by atoms with Crippen molar-refractivity contribution in [1.29, 1.82) is 0 Å². The highest BCUT2D eigenvalue weighted by atomic mass is 16.7. The molecule has 1 saturated heterocycles. The van der Waals surface area contributed by atoms with Gasteiger partial charge in [0.15, 0.2) is 18.2 Å². The van der Waals surface area contributed by atoms with Gasteiger partial charge in [0.25, 0.3) is 0 Å². The summed E-state index contributed by atoms with van der Waals surface area (Å²) in [6, 6.07) is 9.03. The molecule has 1 aliphatic rings. The molecule has 0 radical (unpaired) electrons. The molecule has 5 nitrogen and oxygen atoms in total.